The van der Waals surface area contributed by atoms with Crippen LogP contribution in [0, 0.1) is 27.7 Å². The molecule has 0 saturated carbocycles. The van der Waals surface area contributed by atoms with E-state index in [1.54, 1.807) is 22.8 Å². The van der Waals surface area contributed by atoms with Crippen LogP contribution < -0.4 is 0 Å². The summed E-state index contributed by atoms with van der Waals surface area (Å²) in [6.45, 7) is 9.67. The summed E-state index contributed by atoms with van der Waals surface area (Å²) in [5.74, 6) is 0.0288. The van der Waals surface area contributed by atoms with E-state index in [1.165, 1.54) is 16.9 Å². The molecule has 0 radical (unpaired) electrons. The number of piperazine rings is 1. The molecule has 2 aromatic heterocycles. The van der Waals surface area contributed by atoms with E-state index < -0.39 is 0 Å². The zero-order valence-electron chi connectivity index (χ0n) is 17.6. The number of rotatable bonds is 3. The Morgan fingerprint density at radius 2 is 1.63 bits per heavy atom. The molecule has 1 saturated heterocycles. The minimum Gasteiger partial charge on any atom is -0.351 e. The number of benzene rings is 1. The van der Waals surface area contributed by atoms with Gasteiger partial charge in [0.05, 0.1) is 11.4 Å². The van der Waals surface area contributed by atoms with E-state index in [4.69, 9.17) is 4.52 Å². The van der Waals surface area contributed by atoms with Gasteiger partial charge >= 0.3 is 0 Å². The van der Waals surface area contributed by atoms with Gasteiger partial charge in [0.1, 0.15) is 9.88 Å². The number of carbonyl (C=O) groups excluding carboxylic acids is 2. The molecule has 0 N–H and O–H groups in total. The normalized spacial score (nSPS) is 14.3. The lowest BCUT2D eigenvalue weighted by Crippen LogP contribution is -2.50. The highest BCUT2D eigenvalue weighted by Gasteiger charge is 2.29. The number of thiazole rings is 1. The minimum atomic E-state index is -0.186. The number of amides is 2. The standard InChI is InChI=1S/C22H24N4O3S/c1-13-5-6-17(14(2)11-13)20-23-16(4)19(30-20)22(28)26-9-7-25(8-10-26)21(27)18-12-15(3)24-29-18/h5-6,11-12H,7-10H2,1-4H3. The summed E-state index contributed by atoms with van der Waals surface area (Å²) >= 11 is 1.43. The Hall–Kier alpha value is -3.00. The molecule has 3 aromatic rings. The van der Waals surface area contributed by atoms with E-state index in [0.717, 1.165) is 21.8 Å². The van der Waals surface area contributed by atoms with Crippen LogP contribution in [0.15, 0.2) is 28.8 Å². The number of hydrogen-bond acceptors (Lipinski definition) is 6. The van der Waals surface area contributed by atoms with Crippen LogP contribution in [0.3, 0.4) is 0 Å². The molecule has 0 aliphatic carbocycles. The van der Waals surface area contributed by atoms with E-state index in [9.17, 15) is 9.59 Å². The molecule has 0 unspecified atom stereocenters. The van der Waals surface area contributed by atoms with Gasteiger partial charge in [0.25, 0.3) is 11.8 Å². The van der Waals surface area contributed by atoms with Crippen molar-refractivity contribution in [3.8, 4) is 10.6 Å². The lowest BCUT2D eigenvalue weighted by atomic mass is 10.1. The van der Waals surface area contributed by atoms with Crippen molar-refractivity contribution in [2.24, 2.45) is 0 Å². The molecular weight excluding hydrogens is 400 g/mol. The maximum Gasteiger partial charge on any atom is 0.292 e. The fraction of sp³-hybridized carbons (Fsp3) is 0.364. The monoisotopic (exact) mass is 424 g/mol. The zero-order chi connectivity index (χ0) is 21.4. The van der Waals surface area contributed by atoms with Crippen LogP contribution in [-0.2, 0) is 0 Å². The van der Waals surface area contributed by atoms with Crippen molar-refractivity contribution in [1.82, 2.24) is 19.9 Å². The highest BCUT2D eigenvalue weighted by Crippen LogP contribution is 2.31. The Morgan fingerprint density at radius 1 is 0.967 bits per heavy atom. The molecule has 3 heterocycles. The lowest BCUT2D eigenvalue weighted by Gasteiger charge is -2.34. The summed E-state index contributed by atoms with van der Waals surface area (Å²) in [6, 6.07) is 7.88. The van der Waals surface area contributed by atoms with Crippen LogP contribution >= 0.6 is 11.3 Å². The largest absolute Gasteiger partial charge is 0.351 e. The van der Waals surface area contributed by atoms with Crippen molar-refractivity contribution in [3.63, 3.8) is 0 Å². The third-order valence-corrected chi connectivity index (χ3v) is 6.47. The maximum absolute atomic E-state index is 13.1. The van der Waals surface area contributed by atoms with Gasteiger partial charge in [-0.3, -0.25) is 9.59 Å². The fourth-order valence-electron chi connectivity index (χ4n) is 3.64. The Labute approximate surface area is 179 Å². The van der Waals surface area contributed by atoms with Crippen LogP contribution in [0.2, 0.25) is 0 Å². The van der Waals surface area contributed by atoms with Crippen molar-refractivity contribution in [2.45, 2.75) is 27.7 Å². The van der Waals surface area contributed by atoms with E-state index >= 15 is 0 Å². The molecule has 0 atom stereocenters. The Balaban J connectivity index is 1.46. The molecule has 4 rings (SSSR count). The van der Waals surface area contributed by atoms with E-state index in [-0.39, 0.29) is 17.6 Å². The molecule has 0 bridgehead atoms. The zero-order valence-corrected chi connectivity index (χ0v) is 18.4. The Bertz CT molecular complexity index is 1110. The van der Waals surface area contributed by atoms with E-state index in [2.05, 4.69) is 42.2 Å². The van der Waals surface area contributed by atoms with Crippen molar-refractivity contribution in [2.75, 3.05) is 26.2 Å². The Kier molecular flexibility index (Phi) is 5.42. The highest BCUT2D eigenvalue weighted by molar-refractivity contribution is 7.17. The van der Waals surface area contributed by atoms with Crippen LogP contribution in [0.25, 0.3) is 10.6 Å². The van der Waals surface area contributed by atoms with Gasteiger partial charge in [-0.05, 0) is 33.3 Å². The summed E-state index contributed by atoms with van der Waals surface area (Å²) < 4.78 is 5.07. The SMILES string of the molecule is Cc1ccc(-c2nc(C)c(C(=O)N3CCN(C(=O)c4cc(C)no4)CC3)s2)c(C)c1. The van der Waals surface area contributed by atoms with Gasteiger partial charge in [-0.2, -0.15) is 0 Å². The molecule has 8 heteroatoms. The molecular formula is C22H24N4O3S. The summed E-state index contributed by atoms with van der Waals surface area (Å²) in [4.78, 5) is 34.4. The van der Waals surface area contributed by atoms with Crippen molar-refractivity contribution >= 4 is 23.2 Å². The first-order valence-electron chi connectivity index (χ1n) is 9.90. The summed E-state index contributed by atoms with van der Waals surface area (Å²) in [5.41, 5.74) is 4.83. The van der Waals surface area contributed by atoms with Crippen LogP contribution in [-0.4, -0.2) is 57.9 Å². The van der Waals surface area contributed by atoms with Gasteiger partial charge in [0, 0.05) is 37.8 Å². The lowest BCUT2D eigenvalue weighted by molar-refractivity contribution is 0.0514. The van der Waals surface area contributed by atoms with Crippen molar-refractivity contribution < 1.29 is 14.1 Å². The van der Waals surface area contributed by atoms with Crippen molar-refractivity contribution in [3.05, 3.63) is 57.4 Å². The van der Waals surface area contributed by atoms with Gasteiger partial charge in [0.2, 0.25) is 5.76 Å². The smallest absolute Gasteiger partial charge is 0.292 e. The molecule has 1 aliphatic rings. The summed E-state index contributed by atoms with van der Waals surface area (Å²) in [6.07, 6.45) is 0. The average molecular weight is 425 g/mol. The van der Waals surface area contributed by atoms with Gasteiger partial charge in [-0.1, -0.05) is 28.9 Å². The third-order valence-electron chi connectivity index (χ3n) is 5.30. The average Bonchev–Trinajstić information content (AvgIpc) is 3.33. The highest BCUT2D eigenvalue weighted by atomic mass is 32.1. The molecule has 1 aliphatic heterocycles. The predicted octanol–water partition coefficient (Wildman–Crippen LogP) is 3.63. The number of nitrogens with zero attached hydrogens (tertiary/aromatic N) is 4. The first kappa shape index (κ1) is 20.3. The molecule has 156 valence electrons. The second kappa shape index (κ2) is 8.02. The van der Waals surface area contributed by atoms with Crippen LogP contribution in [0.4, 0.5) is 0 Å². The number of hydrogen-bond donors (Lipinski definition) is 0. The van der Waals surface area contributed by atoms with Gasteiger partial charge < -0.3 is 14.3 Å². The topological polar surface area (TPSA) is 79.5 Å². The molecule has 7 nitrogen and oxygen atoms in total. The number of aromatic nitrogens is 2. The number of carbonyl (C=O) groups is 2. The van der Waals surface area contributed by atoms with Gasteiger partial charge in [-0.25, -0.2) is 4.98 Å². The van der Waals surface area contributed by atoms with E-state index in [0.29, 0.717) is 36.8 Å². The van der Waals surface area contributed by atoms with Gasteiger partial charge in [-0.15, -0.1) is 11.3 Å². The van der Waals surface area contributed by atoms with Gasteiger partial charge in [0.15, 0.2) is 0 Å². The van der Waals surface area contributed by atoms with E-state index in [1.807, 2.05) is 6.92 Å². The molecule has 0 spiro atoms. The summed E-state index contributed by atoms with van der Waals surface area (Å²) in [5, 5.41) is 4.63. The molecule has 1 aromatic carbocycles. The summed E-state index contributed by atoms with van der Waals surface area (Å²) in [7, 11) is 0. The quantitative estimate of drug-likeness (QED) is 0.641. The molecule has 30 heavy (non-hydrogen) atoms. The van der Waals surface area contributed by atoms with Crippen molar-refractivity contribution in [1.29, 1.82) is 0 Å². The predicted molar refractivity (Wildman–Crippen MR) is 115 cm³/mol. The first-order valence-corrected chi connectivity index (χ1v) is 10.7. The number of aryl methyl sites for hydroxylation is 4. The third kappa shape index (κ3) is 3.87. The second-order valence-corrected chi connectivity index (χ2v) is 8.67. The first-order chi connectivity index (χ1) is 14.3. The molecule has 1 fully saturated rings. The van der Waals surface area contributed by atoms with Crippen LogP contribution in [0.1, 0.15) is 42.7 Å². The second-order valence-electron chi connectivity index (χ2n) is 7.67. The fourth-order valence-corrected chi connectivity index (χ4v) is 4.76. The minimum absolute atomic E-state index is 0.0244. The molecule has 2 amide bonds. The Morgan fingerprint density at radius 3 is 2.23 bits per heavy atom. The maximum atomic E-state index is 13.1. The van der Waals surface area contributed by atoms with Crippen LogP contribution in [0.5, 0.6) is 0 Å².